The van der Waals surface area contributed by atoms with Crippen LogP contribution >= 0.6 is 0 Å². The largest absolute Gasteiger partial charge is 0.439 e. The van der Waals surface area contributed by atoms with Crippen molar-refractivity contribution in [2.24, 2.45) is 5.92 Å². The van der Waals surface area contributed by atoms with E-state index in [1.807, 2.05) is 0 Å². The second-order valence-electron chi connectivity index (χ2n) is 7.67. The van der Waals surface area contributed by atoms with Crippen molar-refractivity contribution in [2.75, 3.05) is 51.3 Å². The molecular formula is C22H34FN3O4. The van der Waals surface area contributed by atoms with Gasteiger partial charge in [0.2, 0.25) is 0 Å². The summed E-state index contributed by atoms with van der Waals surface area (Å²) < 4.78 is 22.7. The highest BCUT2D eigenvalue weighted by Crippen LogP contribution is 2.22. The first-order valence-electron chi connectivity index (χ1n) is 10.8. The molecule has 8 heteroatoms. The van der Waals surface area contributed by atoms with Gasteiger partial charge >= 0.3 is 6.09 Å². The maximum Gasteiger partial charge on any atom is 0.407 e. The van der Waals surface area contributed by atoms with E-state index in [9.17, 15) is 14.0 Å². The summed E-state index contributed by atoms with van der Waals surface area (Å²) in [5.74, 6) is 0.504. The molecule has 3 rings (SSSR count). The Hall–Kier alpha value is -2.35. The molecule has 0 spiro atoms. The van der Waals surface area contributed by atoms with Gasteiger partial charge in [0.05, 0.1) is 13.2 Å². The molecule has 2 fully saturated rings. The molecule has 1 aliphatic heterocycles. The summed E-state index contributed by atoms with van der Waals surface area (Å²) >= 11 is 0. The van der Waals surface area contributed by atoms with E-state index >= 15 is 0 Å². The second-order valence-corrected chi connectivity index (χ2v) is 7.67. The predicted octanol–water partition coefficient (Wildman–Crippen LogP) is 3.41. The zero-order valence-corrected chi connectivity index (χ0v) is 17.8. The summed E-state index contributed by atoms with van der Waals surface area (Å²) in [4.78, 5) is 24.9. The number of rotatable bonds is 6. The Balaban J connectivity index is 0.000000386. The quantitative estimate of drug-likeness (QED) is 0.686. The molecule has 0 unspecified atom stereocenters. The lowest BCUT2D eigenvalue weighted by molar-refractivity contribution is -0.138. The van der Waals surface area contributed by atoms with Gasteiger partial charge in [-0.15, -0.1) is 0 Å². The number of hydrogen-bond acceptors (Lipinski definition) is 5. The summed E-state index contributed by atoms with van der Waals surface area (Å²) in [6.45, 7) is 4.91. The van der Waals surface area contributed by atoms with Crippen LogP contribution in [0.2, 0.25) is 0 Å². The summed E-state index contributed by atoms with van der Waals surface area (Å²) in [7, 11) is 0. The molecule has 1 aromatic carbocycles. The molecule has 0 radical (unpaired) electrons. The SMILES string of the molecule is CC1CCCCC1.O=C(NCCNc1ccc(F)cc1)OCC(=O)N1CCOCC1. The van der Waals surface area contributed by atoms with Crippen LogP contribution in [0, 0.1) is 11.7 Å². The molecule has 1 aromatic rings. The fraction of sp³-hybridized carbons (Fsp3) is 0.636. The summed E-state index contributed by atoms with van der Waals surface area (Å²) in [6.07, 6.45) is 6.79. The maximum absolute atomic E-state index is 12.7. The number of anilines is 1. The fourth-order valence-corrected chi connectivity index (χ4v) is 3.33. The normalized spacial score (nSPS) is 16.8. The molecule has 1 saturated carbocycles. The van der Waals surface area contributed by atoms with Crippen molar-refractivity contribution in [1.29, 1.82) is 0 Å². The minimum Gasteiger partial charge on any atom is -0.439 e. The monoisotopic (exact) mass is 423 g/mol. The van der Waals surface area contributed by atoms with Gasteiger partial charge < -0.3 is 25.0 Å². The van der Waals surface area contributed by atoms with Gasteiger partial charge in [-0.2, -0.15) is 0 Å². The molecule has 0 bridgehead atoms. The van der Waals surface area contributed by atoms with E-state index in [-0.39, 0.29) is 18.3 Å². The number of carbonyl (C=O) groups excluding carboxylic acids is 2. The number of ether oxygens (including phenoxy) is 2. The Morgan fingerprint density at radius 1 is 1.10 bits per heavy atom. The third-order valence-corrected chi connectivity index (χ3v) is 5.15. The molecule has 168 valence electrons. The Morgan fingerprint density at radius 2 is 1.77 bits per heavy atom. The Morgan fingerprint density at radius 3 is 2.37 bits per heavy atom. The van der Waals surface area contributed by atoms with Crippen molar-refractivity contribution in [3.63, 3.8) is 0 Å². The van der Waals surface area contributed by atoms with Crippen molar-refractivity contribution in [3.05, 3.63) is 30.1 Å². The van der Waals surface area contributed by atoms with Crippen LogP contribution in [0.5, 0.6) is 0 Å². The Labute approximate surface area is 178 Å². The van der Waals surface area contributed by atoms with E-state index in [1.54, 1.807) is 17.0 Å². The van der Waals surface area contributed by atoms with Crippen molar-refractivity contribution in [1.82, 2.24) is 10.2 Å². The van der Waals surface area contributed by atoms with Crippen LogP contribution in [0.25, 0.3) is 0 Å². The first-order chi connectivity index (χ1) is 14.5. The molecule has 2 amide bonds. The smallest absolute Gasteiger partial charge is 0.407 e. The van der Waals surface area contributed by atoms with Gasteiger partial charge in [0, 0.05) is 31.9 Å². The van der Waals surface area contributed by atoms with Crippen molar-refractivity contribution in [3.8, 4) is 0 Å². The highest BCUT2D eigenvalue weighted by molar-refractivity contribution is 5.80. The number of alkyl carbamates (subject to hydrolysis) is 1. The zero-order chi connectivity index (χ0) is 21.6. The minimum atomic E-state index is -0.646. The van der Waals surface area contributed by atoms with Gasteiger partial charge in [-0.1, -0.05) is 39.0 Å². The standard InChI is InChI=1S/C15H20FN3O4.C7H14/c16-12-1-3-13(4-2-12)17-5-6-18-15(21)23-11-14(20)19-7-9-22-10-8-19;1-7-5-3-2-4-6-7/h1-4,17H,5-11H2,(H,18,21);7H,2-6H2,1H3. The maximum atomic E-state index is 12.7. The van der Waals surface area contributed by atoms with Crippen LogP contribution in [0.1, 0.15) is 39.0 Å². The van der Waals surface area contributed by atoms with E-state index < -0.39 is 6.09 Å². The number of hydrogen-bond donors (Lipinski definition) is 2. The van der Waals surface area contributed by atoms with Crippen LogP contribution in [-0.4, -0.2) is 62.9 Å². The summed E-state index contributed by atoms with van der Waals surface area (Å²) in [5.41, 5.74) is 0.754. The first-order valence-corrected chi connectivity index (χ1v) is 10.8. The van der Waals surface area contributed by atoms with Crippen molar-refractivity contribution < 1.29 is 23.5 Å². The minimum absolute atomic E-state index is 0.229. The predicted molar refractivity (Wildman–Crippen MR) is 114 cm³/mol. The summed E-state index contributed by atoms with van der Waals surface area (Å²) in [5, 5.41) is 5.55. The molecule has 1 heterocycles. The lowest BCUT2D eigenvalue weighted by Gasteiger charge is -2.26. The van der Waals surface area contributed by atoms with Gasteiger partial charge in [-0.05, 0) is 30.2 Å². The molecule has 0 atom stereocenters. The van der Waals surface area contributed by atoms with E-state index in [1.165, 1.54) is 44.2 Å². The van der Waals surface area contributed by atoms with Crippen molar-refractivity contribution >= 4 is 17.7 Å². The number of nitrogens with zero attached hydrogens (tertiary/aromatic N) is 1. The number of morpholine rings is 1. The molecule has 0 aromatic heterocycles. The molecule has 1 aliphatic carbocycles. The lowest BCUT2D eigenvalue weighted by Crippen LogP contribution is -2.43. The van der Waals surface area contributed by atoms with Crippen LogP contribution in [-0.2, 0) is 14.3 Å². The highest BCUT2D eigenvalue weighted by Gasteiger charge is 2.18. The van der Waals surface area contributed by atoms with Crippen LogP contribution < -0.4 is 10.6 Å². The van der Waals surface area contributed by atoms with Gasteiger partial charge in [-0.3, -0.25) is 4.79 Å². The number of carbonyl (C=O) groups is 2. The molecule has 30 heavy (non-hydrogen) atoms. The molecule has 2 aliphatic rings. The average molecular weight is 424 g/mol. The van der Waals surface area contributed by atoms with Gasteiger partial charge in [-0.25, -0.2) is 9.18 Å². The Bertz CT molecular complexity index is 630. The second kappa shape index (κ2) is 13.8. The lowest BCUT2D eigenvalue weighted by atomic mass is 9.91. The number of halogens is 1. The summed E-state index contributed by atoms with van der Waals surface area (Å²) in [6, 6.07) is 5.91. The first kappa shape index (κ1) is 23.9. The van der Waals surface area contributed by atoms with E-state index in [2.05, 4.69) is 17.6 Å². The van der Waals surface area contributed by atoms with E-state index in [0.717, 1.165) is 11.6 Å². The van der Waals surface area contributed by atoms with Crippen molar-refractivity contribution in [2.45, 2.75) is 39.0 Å². The van der Waals surface area contributed by atoms with Crippen LogP contribution in [0.15, 0.2) is 24.3 Å². The van der Waals surface area contributed by atoms with E-state index in [4.69, 9.17) is 9.47 Å². The van der Waals surface area contributed by atoms with Crippen LogP contribution in [0.3, 0.4) is 0 Å². The highest BCUT2D eigenvalue weighted by atomic mass is 19.1. The van der Waals surface area contributed by atoms with E-state index in [0.29, 0.717) is 39.4 Å². The number of amides is 2. The molecule has 7 nitrogen and oxygen atoms in total. The average Bonchev–Trinajstić information content (AvgIpc) is 2.78. The van der Waals surface area contributed by atoms with Crippen LogP contribution in [0.4, 0.5) is 14.9 Å². The third-order valence-electron chi connectivity index (χ3n) is 5.15. The number of nitrogens with one attached hydrogen (secondary N) is 2. The molecular weight excluding hydrogens is 389 g/mol. The zero-order valence-electron chi connectivity index (χ0n) is 17.8. The fourth-order valence-electron chi connectivity index (χ4n) is 3.33. The van der Waals surface area contributed by atoms with Gasteiger partial charge in [0.1, 0.15) is 5.82 Å². The third kappa shape index (κ3) is 9.91. The van der Waals surface area contributed by atoms with Gasteiger partial charge in [0.25, 0.3) is 5.91 Å². The number of benzene rings is 1. The molecule has 1 saturated heterocycles. The molecule has 2 N–H and O–H groups in total. The Kier molecular flexibility index (Phi) is 11.0. The van der Waals surface area contributed by atoms with Gasteiger partial charge in [0.15, 0.2) is 6.61 Å². The topological polar surface area (TPSA) is 79.9 Å².